The zero-order valence-electron chi connectivity index (χ0n) is 12.4. The Labute approximate surface area is 143 Å². The summed E-state index contributed by atoms with van der Waals surface area (Å²) in [5, 5.41) is 4.04. The lowest BCUT2D eigenvalue weighted by Gasteiger charge is -2.16. The Balaban J connectivity index is 1.99. The van der Waals surface area contributed by atoms with Crippen molar-refractivity contribution in [2.24, 2.45) is 0 Å². The number of halogens is 2. The molecule has 1 N–H and O–H groups in total. The van der Waals surface area contributed by atoms with Gasteiger partial charge in [0.05, 0.1) is 24.9 Å². The van der Waals surface area contributed by atoms with Gasteiger partial charge in [-0.3, -0.25) is 0 Å². The largest absolute Gasteiger partial charge is 0.493 e. The van der Waals surface area contributed by atoms with Crippen LogP contribution >= 0.6 is 23.2 Å². The highest BCUT2D eigenvalue weighted by Gasteiger charge is 2.36. The van der Waals surface area contributed by atoms with Crippen LogP contribution in [0.2, 0.25) is 10.0 Å². The Morgan fingerprint density at radius 2 is 1.91 bits per heavy atom. The number of esters is 1. The van der Waals surface area contributed by atoms with Crippen molar-refractivity contribution in [2.75, 3.05) is 19.5 Å². The van der Waals surface area contributed by atoms with Gasteiger partial charge in [0, 0.05) is 10.6 Å². The van der Waals surface area contributed by atoms with Crippen molar-refractivity contribution < 1.29 is 19.0 Å². The molecule has 0 amide bonds. The molecule has 120 valence electrons. The number of cyclic esters (lactones) is 1. The number of ether oxygens (including phenoxy) is 3. The van der Waals surface area contributed by atoms with Crippen LogP contribution in [0.4, 0.5) is 5.69 Å². The first-order valence-electron chi connectivity index (χ1n) is 6.72. The van der Waals surface area contributed by atoms with Crippen LogP contribution in [-0.4, -0.2) is 20.2 Å². The minimum absolute atomic E-state index is 0.342. The number of anilines is 1. The normalized spacial score (nSPS) is 15.8. The van der Waals surface area contributed by atoms with Gasteiger partial charge in [-0.1, -0.05) is 23.2 Å². The van der Waals surface area contributed by atoms with E-state index in [2.05, 4.69) is 5.32 Å². The van der Waals surface area contributed by atoms with Crippen LogP contribution in [0, 0.1) is 0 Å². The van der Waals surface area contributed by atoms with Crippen LogP contribution in [0.3, 0.4) is 0 Å². The summed E-state index contributed by atoms with van der Waals surface area (Å²) >= 11 is 12.0. The molecule has 23 heavy (non-hydrogen) atoms. The number of fused-ring (bicyclic) bond motifs is 1. The molecule has 0 radical (unpaired) electrons. The zero-order chi connectivity index (χ0) is 16.6. The fourth-order valence-electron chi connectivity index (χ4n) is 2.46. The fourth-order valence-corrected chi connectivity index (χ4v) is 2.92. The Bertz CT molecular complexity index is 779. The molecule has 0 aromatic heterocycles. The Kier molecular flexibility index (Phi) is 4.24. The van der Waals surface area contributed by atoms with Crippen molar-refractivity contribution in [2.45, 2.75) is 6.23 Å². The number of hydrogen-bond acceptors (Lipinski definition) is 5. The summed E-state index contributed by atoms with van der Waals surface area (Å²) in [5.74, 6) is 0.327. The van der Waals surface area contributed by atoms with Crippen molar-refractivity contribution in [1.29, 1.82) is 0 Å². The highest BCUT2D eigenvalue weighted by atomic mass is 35.5. The van der Waals surface area contributed by atoms with Gasteiger partial charge in [-0.15, -0.1) is 0 Å². The summed E-state index contributed by atoms with van der Waals surface area (Å²) in [6, 6.07) is 8.50. The molecule has 5 nitrogen and oxygen atoms in total. The lowest BCUT2D eigenvalue weighted by Crippen LogP contribution is -2.10. The summed E-state index contributed by atoms with van der Waals surface area (Å²) < 4.78 is 15.9. The number of nitrogens with one attached hydrogen (secondary N) is 1. The molecule has 1 aliphatic heterocycles. The maximum atomic E-state index is 12.2. The van der Waals surface area contributed by atoms with Crippen LogP contribution in [0.25, 0.3) is 0 Å². The van der Waals surface area contributed by atoms with E-state index >= 15 is 0 Å². The summed E-state index contributed by atoms with van der Waals surface area (Å²) in [6.07, 6.45) is -0.670. The number of hydrogen-bond donors (Lipinski definition) is 1. The fraction of sp³-hybridized carbons (Fsp3) is 0.188. The van der Waals surface area contributed by atoms with E-state index in [9.17, 15) is 4.79 Å². The molecular formula is C16H13Cl2NO4. The number of carbonyl (C=O) groups is 1. The van der Waals surface area contributed by atoms with Gasteiger partial charge in [0.25, 0.3) is 0 Å². The first-order chi connectivity index (χ1) is 11.0. The van der Waals surface area contributed by atoms with Crippen LogP contribution in [-0.2, 0) is 4.74 Å². The summed E-state index contributed by atoms with van der Waals surface area (Å²) in [4.78, 5) is 12.2. The van der Waals surface area contributed by atoms with Crippen molar-refractivity contribution >= 4 is 34.9 Å². The highest BCUT2D eigenvalue weighted by Crippen LogP contribution is 2.42. The zero-order valence-corrected chi connectivity index (χ0v) is 13.9. The lowest BCUT2D eigenvalue weighted by atomic mass is 10.1. The van der Waals surface area contributed by atoms with E-state index in [4.69, 9.17) is 37.4 Å². The molecule has 3 rings (SSSR count). The van der Waals surface area contributed by atoms with Crippen molar-refractivity contribution in [1.82, 2.24) is 0 Å². The predicted octanol–water partition coefficient (Wildman–Crippen LogP) is 4.29. The molecule has 0 spiro atoms. The second-order valence-electron chi connectivity index (χ2n) is 4.82. The minimum Gasteiger partial charge on any atom is -0.493 e. The Morgan fingerprint density at radius 3 is 2.57 bits per heavy atom. The first kappa shape index (κ1) is 15.8. The molecule has 1 atom stereocenters. The first-order valence-corrected chi connectivity index (χ1v) is 7.48. The van der Waals surface area contributed by atoms with Gasteiger partial charge in [0.2, 0.25) is 6.23 Å². The lowest BCUT2D eigenvalue weighted by molar-refractivity contribution is 0.0435. The maximum absolute atomic E-state index is 12.2. The van der Waals surface area contributed by atoms with Crippen molar-refractivity contribution in [3.05, 3.63) is 51.5 Å². The molecule has 0 bridgehead atoms. The molecule has 2 aromatic rings. The van der Waals surface area contributed by atoms with E-state index in [1.165, 1.54) is 14.2 Å². The topological polar surface area (TPSA) is 56.8 Å². The SMILES string of the molecule is COc1ccc2c(c1OC)C(=O)OC2Nc1ccc(Cl)cc1Cl. The second kappa shape index (κ2) is 6.18. The molecule has 0 aliphatic carbocycles. The smallest absolute Gasteiger partial charge is 0.344 e. The number of benzene rings is 2. The van der Waals surface area contributed by atoms with Gasteiger partial charge in [0.15, 0.2) is 11.5 Å². The highest BCUT2D eigenvalue weighted by molar-refractivity contribution is 6.36. The maximum Gasteiger partial charge on any atom is 0.344 e. The third kappa shape index (κ3) is 2.78. The van der Waals surface area contributed by atoms with Gasteiger partial charge in [-0.05, 0) is 30.3 Å². The molecule has 0 saturated heterocycles. The van der Waals surface area contributed by atoms with E-state index in [0.717, 1.165) is 0 Å². The van der Waals surface area contributed by atoms with Gasteiger partial charge >= 0.3 is 5.97 Å². The molecule has 0 saturated carbocycles. The van der Waals surface area contributed by atoms with Gasteiger partial charge in [0.1, 0.15) is 5.56 Å². The minimum atomic E-state index is -0.670. The van der Waals surface area contributed by atoms with Gasteiger partial charge in [-0.25, -0.2) is 4.79 Å². The van der Waals surface area contributed by atoms with Crippen molar-refractivity contribution in [3.63, 3.8) is 0 Å². The average molecular weight is 354 g/mol. The summed E-state index contributed by atoms with van der Waals surface area (Å²) in [5.41, 5.74) is 1.60. The van der Waals surface area contributed by atoms with E-state index < -0.39 is 12.2 Å². The predicted molar refractivity (Wildman–Crippen MR) is 87.8 cm³/mol. The summed E-state index contributed by atoms with van der Waals surface area (Å²) in [7, 11) is 2.98. The third-order valence-electron chi connectivity index (χ3n) is 3.51. The standard InChI is InChI=1S/C16H13Cl2NO4/c1-21-12-6-4-9-13(14(12)22-2)16(20)23-15(9)19-11-5-3-8(17)7-10(11)18/h3-7,15,19H,1-2H3. The van der Waals surface area contributed by atoms with E-state index in [-0.39, 0.29) is 0 Å². The van der Waals surface area contributed by atoms with E-state index in [1.807, 2.05) is 0 Å². The van der Waals surface area contributed by atoms with Crippen molar-refractivity contribution in [3.8, 4) is 11.5 Å². The van der Waals surface area contributed by atoms with Crippen LogP contribution in [0.15, 0.2) is 30.3 Å². The molecule has 1 unspecified atom stereocenters. The van der Waals surface area contributed by atoms with Crippen LogP contribution in [0.5, 0.6) is 11.5 Å². The van der Waals surface area contributed by atoms with Gasteiger partial charge in [-0.2, -0.15) is 0 Å². The quantitative estimate of drug-likeness (QED) is 0.830. The molecule has 0 fully saturated rings. The average Bonchev–Trinajstić information content (AvgIpc) is 2.85. The van der Waals surface area contributed by atoms with E-state index in [1.54, 1.807) is 30.3 Å². The van der Waals surface area contributed by atoms with Crippen LogP contribution in [0.1, 0.15) is 22.1 Å². The van der Waals surface area contributed by atoms with E-state index in [0.29, 0.717) is 38.4 Å². The second-order valence-corrected chi connectivity index (χ2v) is 5.66. The third-order valence-corrected chi connectivity index (χ3v) is 4.05. The Morgan fingerprint density at radius 1 is 1.13 bits per heavy atom. The van der Waals surface area contributed by atoms with Gasteiger partial charge < -0.3 is 19.5 Å². The monoisotopic (exact) mass is 353 g/mol. The number of rotatable bonds is 4. The summed E-state index contributed by atoms with van der Waals surface area (Å²) in [6.45, 7) is 0. The molecule has 1 heterocycles. The molecular weight excluding hydrogens is 341 g/mol. The van der Waals surface area contributed by atoms with Crippen LogP contribution < -0.4 is 14.8 Å². The number of methoxy groups -OCH3 is 2. The Hall–Kier alpha value is -2.11. The molecule has 1 aliphatic rings. The number of carbonyl (C=O) groups excluding carboxylic acids is 1. The molecule has 2 aromatic carbocycles. The molecule has 7 heteroatoms.